The molecule has 3 aromatic heterocycles. The van der Waals surface area contributed by atoms with E-state index in [2.05, 4.69) is 25.3 Å². The first-order valence-corrected chi connectivity index (χ1v) is 7.18. The standard InChI is InChI=1S/C16H13FN6/c1-10-19-15(22-21-10)16-20-13(14-7-4-8-18-23(14)16)9-11-5-2-3-6-12(11)17/h2-8H,9H2,1H3,(H,19,21,22). The van der Waals surface area contributed by atoms with Gasteiger partial charge in [0.05, 0.1) is 11.2 Å². The molecule has 4 aromatic rings. The van der Waals surface area contributed by atoms with Crippen molar-refractivity contribution in [1.82, 2.24) is 29.8 Å². The summed E-state index contributed by atoms with van der Waals surface area (Å²) in [4.78, 5) is 8.91. The van der Waals surface area contributed by atoms with Gasteiger partial charge in [0.15, 0.2) is 11.6 Å². The lowest BCUT2D eigenvalue weighted by molar-refractivity contribution is 0.613. The Balaban J connectivity index is 1.86. The monoisotopic (exact) mass is 308 g/mol. The van der Waals surface area contributed by atoms with Crippen molar-refractivity contribution < 1.29 is 4.39 Å². The highest BCUT2D eigenvalue weighted by molar-refractivity contribution is 5.61. The highest BCUT2D eigenvalue weighted by Crippen LogP contribution is 2.22. The maximum atomic E-state index is 13.9. The van der Waals surface area contributed by atoms with Crippen molar-refractivity contribution in [2.75, 3.05) is 0 Å². The number of aromatic amines is 1. The fourth-order valence-corrected chi connectivity index (χ4v) is 2.54. The van der Waals surface area contributed by atoms with Crippen LogP contribution in [0.15, 0.2) is 42.6 Å². The van der Waals surface area contributed by atoms with Gasteiger partial charge in [0.2, 0.25) is 0 Å². The van der Waals surface area contributed by atoms with Crippen LogP contribution in [0.3, 0.4) is 0 Å². The lowest BCUT2D eigenvalue weighted by Crippen LogP contribution is -1.95. The quantitative estimate of drug-likeness (QED) is 0.631. The zero-order valence-electron chi connectivity index (χ0n) is 12.4. The molecule has 0 saturated heterocycles. The van der Waals surface area contributed by atoms with Crippen LogP contribution in [0, 0.1) is 12.7 Å². The molecule has 3 heterocycles. The molecular weight excluding hydrogens is 295 g/mol. The van der Waals surface area contributed by atoms with Gasteiger partial charge in [-0.25, -0.2) is 18.9 Å². The van der Waals surface area contributed by atoms with E-state index in [0.717, 1.165) is 11.2 Å². The molecule has 114 valence electrons. The molecule has 0 amide bonds. The highest BCUT2D eigenvalue weighted by Gasteiger charge is 2.17. The van der Waals surface area contributed by atoms with Crippen LogP contribution in [0.4, 0.5) is 4.39 Å². The lowest BCUT2D eigenvalue weighted by Gasteiger charge is -2.00. The molecule has 0 atom stereocenters. The molecule has 4 rings (SSSR count). The molecule has 0 unspecified atom stereocenters. The average Bonchev–Trinajstić information content (AvgIpc) is 3.14. The number of hydrogen-bond donors (Lipinski definition) is 1. The maximum Gasteiger partial charge on any atom is 0.199 e. The second kappa shape index (κ2) is 5.28. The molecule has 0 aliphatic carbocycles. The van der Waals surface area contributed by atoms with E-state index in [4.69, 9.17) is 0 Å². The first-order valence-electron chi connectivity index (χ1n) is 7.18. The molecule has 7 heteroatoms. The summed E-state index contributed by atoms with van der Waals surface area (Å²) in [5.41, 5.74) is 2.16. The predicted octanol–water partition coefficient (Wildman–Crippen LogP) is 2.55. The van der Waals surface area contributed by atoms with E-state index in [-0.39, 0.29) is 5.82 Å². The van der Waals surface area contributed by atoms with Crippen LogP contribution in [-0.4, -0.2) is 29.8 Å². The number of benzene rings is 1. The van der Waals surface area contributed by atoms with E-state index in [1.165, 1.54) is 6.07 Å². The van der Waals surface area contributed by atoms with Crippen LogP contribution in [0.5, 0.6) is 0 Å². The Morgan fingerprint density at radius 3 is 2.78 bits per heavy atom. The summed E-state index contributed by atoms with van der Waals surface area (Å²) in [6.07, 6.45) is 2.06. The van der Waals surface area contributed by atoms with E-state index < -0.39 is 0 Å². The molecule has 0 bridgehead atoms. The zero-order chi connectivity index (χ0) is 15.8. The van der Waals surface area contributed by atoms with Gasteiger partial charge in [-0.2, -0.15) is 10.2 Å². The fourth-order valence-electron chi connectivity index (χ4n) is 2.54. The van der Waals surface area contributed by atoms with Gasteiger partial charge in [-0.05, 0) is 30.7 Å². The molecule has 0 fully saturated rings. The van der Waals surface area contributed by atoms with E-state index in [1.807, 2.05) is 18.2 Å². The highest BCUT2D eigenvalue weighted by atomic mass is 19.1. The Morgan fingerprint density at radius 2 is 2.00 bits per heavy atom. The Labute approximate surface area is 131 Å². The Bertz CT molecular complexity index is 987. The molecule has 1 N–H and O–H groups in total. The minimum absolute atomic E-state index is 0.241. The van der Waals surface area contributed by atoms with Crippen molar-refractivity contribution in [2.24, 2.45) is 0 Å². The molecule has 1 aromatic carbocycles. The Hall–Kier alpha value is -3.09. The Morgan fingerprint density at radius 1 is 1.13 bits per heavy atom. The van der Waals surface area contributed by atoms with Crippen LogP contribution in [0.1, 0.15) is 17.1 Å². The number of rotatable bonds is 3. The van der Waals surface area contributed by atoms with E-state index in [9.17, 15) is 4.39 Å². The van der Waals surface area contributed by atoms with Gasteiger partial charge in [0.1, 0.15) is 11.6 Å². The molecule has 23 heavy (non-hydrogen) atoms. The normalized spacial score (nSPS) is 11.2. The van der Waals surface area contributed by atoms with Crippen molar-refractivity contribution in [3.05, 3.63) is 65.5 Å². The first kappa shape index (κ1) is 13.6. The topological polar surface area (TPSA) is 71.8 Å². The van der Waals surface area contributed by atoms with Crippen LogP contribution >= 0.6 is 0 Å². The minimum Gasteiger partial charge on any atom is -0.256 e. The third kappa shape index (κ3) is 2.36. The van der Waals surface area contributed by atoms with Gasteiger partial charge in [0, 0.05) is 12.6 Å². The Kier molecular flexibility index (Phi) is 3.11. The number of fused-ring (bicyclic) bond motifs is 1. The number of aromatic nitrogens is 6. The van der Waals surface area contributed by atoms with Crippen LogP contribution < -0.4 is 0 Å². The van der Waals surface area contributed by atoms with Crippen molar-refractivity contribution in [2.45, 2.75) is 13.3 Å². The van der Waals surface area contributed by atoms with Gasteiger partial charge < -0.3 is 0 Å². The third-order valence-corrected chi connectivity index (χ3v) is 3.61. The van der Waals surface area contributed by atoms with E-state index in [1.54, 1.807) is 29.8 Å². The molecule has 0 saturated carbocycles. The maximum absolute atomic E-state index is 13.9. The number of H-pyrrole nitrogens is 1. The summed E-state index contributed by atoms with van der Waals surface area (Å²) in [7, 11) is 0. The van der Waals surface area contributed by atoms with E-state index in [0.29, 0.717) is 29.5 Å². The second-order valence-electron chi connectivity index (χ2n) is 5.20. The van der Waals surface area contributed by atoms with Crippen molar-refractivity contribution in [3.63, 3.8) is 0 Å². The van der Waals surface area contributed by atoms with Crippen LogP contribution in [0.25, 0.3) is 17.2 Å². The second-order valence-corrected chi connectivity index (χ2v) is 5.20. The molecule has 0 radical (unpaired) electrons. The molecule has 0 aliphatic heterocycles. The number of halogens is 1. The van der Waals surface area contributed by atoms with E-state index >= 15 is 0 Å². The summed E-state index contributed by atoms with van der Waals surface area (Å²) in [5.74, 6) is 1.49. The summed E-state index contributed by atoms with van der Waals surface area (Å²) >= 11 is 0. The number of aryl methyl sites for hydroxylation is 1. The third-order valence-electron chi connectivity index (χ3n) is 3.61. The zero-order valence-corrected chi connectivity index (χ0v) is 12.4. The number of nitrogens with zero attached hydrogens (tertiary/aromatic N) is 5. The predicted molar refractivity (Wildman–Crippen MR) is 82.3 cm³/mol. The molecular formula is C16H13FN6. The summed E-state index contributed by atoms with van der Waals surface area (Å²) in [5, 5.41) is 11.2. The van der Waals surface area contributed by atoms with Gasteiger partial charge in [-0.15, -0.1) is 0 Å². The fraction of sp³-hybridized carbons (Fsp3) is 0.125. The smallest absolute Gasteiger partial charge is 0.199 e. The van der Waals surface area contributed by atoms with Gasteiger partial charge >= 0.3 is 0 Å². The van der Waals surface area contributed by atoms with Gasteiger partial charge in [-0.1, -0.05) is 18.2 Å². The van der Waals surface area contributed by atoms with Crippen molar-refractivity contribution in [1.29, 1.82) is 0 Å². The average molecular weight is 308 g/mol. The van der Waals surface area contributed by atoms with Crippen molar-refractivity contribution in [3.8, 4) is 11.6 Å². The minimum atomic E-state index is -0.241. The number of imidazole rings is 1. The van der Waals surface area contributed by atoms with Gasteiger partial charge in [0.25, 0.3) is 0 Å². The van der Waals surface area contributed by atoms with Crippen LogP contribution in [-0.2, 0) is 6.42 Å². The largest absolute Gasteiger partial charge is 0.256 e. The molecule has 0 aliphatic rings. The summed E-state index contributed by atoms with van der Waals surface area (Å²) in [6, 6.07) is 10.4. The van der Waals surface area contributed by atoms with Crippen molar-refractivity contribution >= 4 is 5.52 Å². The number of nitrogens with one attached hydrogen (secondary N) is 1. The summed E-state index contributed by atoms with van der Waals surface area (Å²) in [6.45, 7) is 1.80. The van der Waals surface area contributed by atoms with Gasteiger partial charge in [-0.3, -0.25) is 5.10 Å². The summed E-state index contributed by atoms with van der Waals surface area (Å²) < 4.78 is 15.6. The number of hydrogen-bond acceptors (Lipinski definition) is 4. The lowest BCUT2D eigenvalue weighted by atomic mass is 10.1. The SMILES string of the molecule is Cc1n[nH]c(-c2nc(Cc3ccccc3F)c3cccnn23)n1. The van der Waals surface area contributed by atoms with Crippen LogP contribution in [0.2, 0.25) is 0 Å². The molecule has 6 nitrogen and oxygen atoms in total. The molecule has 0 spiro atoms. The first-order chi connectivity index (χ1) is 11.2.